The molecule has 132 valence electrons. The highest BCUT2D eigenvalue weighted by Crippen LogP contribution is 2.40. The first kappa shape index (κ1) is 16.8. The van der Waals surface area contributed by atoms with Crippen LogP contribution in [0.1, 0.15) is 24.3 Å². The minimum Gasteiger partial charge on any atom is -0.294 e. The Morgan fingerprint density at radius 1 is 1.15 bits per heavy atom. The molecule has 0 saturated heterocycles. The summed E-state index contributed by atoms with van der Waals surface area (Å²) in [6.45, 7) is 0. The van der Waals surface area contributed by atoms with Crippen LogP contribution < -0.4 is 0 Å². The summed E-state index contributed by atoms with van der Waals surface area (Å²) in [5, 5.41) is 0.639. The second-order valence-electron chi connectivity index (χ2n) is 6.81. The number of aliphatic imine (C=N–C) groups is 1. The third-order valence-electron chi connectivity index (χ3n) is 5.31. The van der Waals surface area contributed by atoms with Gasteiger partial charge in [0.05, 0.1) is 19.7 Å². The molecule has 0 fully saturated rings. The topological polar surface area (TPSA) is 69.8 Å². The monoisotopic (exact) mass is 370 g/mol. The van der Waals surface area contributed by atoms with Gasteiger partial charge in [-0.15, -0.1) is 4.99 Å². The molecule has 26 heavy (non-hydrogen) atoms. The van der Waals surface area contributed by atoms with E-state index in [-0.39, 0.29) is 17.6 Å². The van der Waals surface area contributed by atoms with E-state index in [0.717, 1.165) is 16.0 Å². The number of allylic oxidation sites excluding steroid dienone is 1. The number of hydrogen-bond acceptors (Lipinski definition) is 4. The Bertz CT molecular complexity index is 943. The van der Waals surface area contributed by atoms with Crippen LogP contribution in [0.25, 0.3) is 0 Å². The van der Waals surface area contributed by atoms with E-state index in [4.69, 9.17) is 11.6 Å². The molecule has 1 aliphatic carbocycles. The van der Waals surface area contributed by atoms with Crippen molar-refractivity contribution < 1.29 is 19.0 Å². The van der Waals surface area contributed by atoms with E-state index in [1.54, 1.807) is 19.2 Å². The van der Waals surface area contributed by atoms with Crippen LogP contribution in [-0.2, 0) is 9.59 Å². The number of benzene rings is 1. The molecule has 0 N–H and O–H groups in total. The van der Waals surface area contributed by atoms with E-state index in [9.17, 15) is 14.4 Å². The number of amidine groups is 1. The van der Waals surface area contributed by atoms with Gasteiger partial charge in [-0.2, -0.15) is 9.48 Å². The third-order valence-corrected chi connectivity index (χ3v) is 5.57. The molecule has 1 aromatic rings. The summed E-state index contributed by atoms with van der Waals surface area (Å²) < 4.78 is 1.38. The highest BCUT2D eigenvalue weighted by molar-refractivity contribution is 6.30. The Morgan fingerprint density at radius 3 is 2.54 bits per heavy atom. The van der Waals surface area contributed by atoms with Gasteiger partial charge in [-0.25, -0.2) is 4.79 Å². The van der Waals surface area contributed by atoms with Crippen molar-refractivity contribution in [3.05, 3.63) is 46.0 Å². The number of dihydropyridines is 1. The van der Waals surface area contributed by atoms with Crippen molar-refractivity contribution >= 4 is 41.4 Å². The van der Waals surface area contributed by atoms with Crippen LogP contribution >= 0.6 is 11.6 Å². The average Bonchev–Trinajstić information content (AvgIpc) is 2.64. The average molecular weight is 371 g/mol. The zero-order chi connectivity index (χ0) is 18.6. The molecule has 0 spiro atoms. The molecule has 3 amide bonds. The summed E-state index contributed by atoms with van der Waals surface area (Å²) in [4.78, 5) is 43.0. The number of fused-ring (bicyclic) bond motifs is 2. The number of imide groups is 1. The van der Waals surface area contributed by atoms with Crippen LogP contribution in [0.3, 0.4) is 0 Å². The van der Waals surface area contributed by atoms with Crippen molar-refractivity contribution in [1.29, 1.82) is 0 Å². The lowest BCUT2D eigenvalue weighted by Gasteiger charge is -2.32. The molecule has 3 aliphatic rings. The van der Waals surface area contributed by atoms with Gasteiger partial charge < -0.3 is 0 Å². The van der Waals surface area contributed by atoms with Gasteiger partial charge in [-0.05, 0) is 35.6 Å². The van der Waals surface area contributed by atoms with E-state index >= 15 is 0 Å². The molecule has 0 saturated carbocycles. The third kappa shape index (κ3) is 2.44. The number of carbonyl (C=O) groups excluding carboxylic acids is 3. The number of carbonyl (C=O) groups is 3. The second-order valence-corrected chi connectivity index (χ2v) is 7.24. The fourth-order valence-corrected chi connectivity index (χ4v) is 4.00. The van der Waals surface area contributed by atoms with Crippen LogP contribution in [0, 0.1) is 5.92 Å². The number of nitrogens with zero attached hydrogens (tertiary/aromatic N) is 3. The maximum absolute atomic E-state index is 12.8. The van der Waals surface area contributed by atoms with Crippen LogP contribution in [0.2, 0.25) is 5.02 Å². The Hall–Kier alpha value is -2.60. The summed E-state index contributed by atoms with van der Waals surface area (Å²) >= 11 is 5.96. The summed E-state index contributed by atoms with van der Waals surface area (Å²) in [6.07, 6.45) is 2.45. The highest BCUT2D eigenvalue weighted by Gasteiger charge is 2.50. The van der Waals surface area contributed by atoms with Gasteiger partial charge in [0.2, 0.25) is 0 Å². The molecule has 4 rings (SSSR count). The predicted molar refractivity (Wildman–Crippen MR) is 96.8 cm³/mol. The number of urea groups is 1. The van der Waals surface area contributed by atoms with Gasteiger partial charge in [-0.3, -0.25) is 9.59 Å². The number of halogens is 1. The van der Waals surface area contributed by atoms with Crippen LogP contribution in [0.15, 0.2) is 40.4 Å². The van der Waals surface area contributed by atoms with E-state index in [1.165, 1.54) is 17.8 Å². The standard InChI is InChI=1S/C19H17ClN3O3/c1-22-17-16(18(25)23(2)19(22)26)13-7-11(8-15(24)14(13)9-21-17)10-3-5-12(20)6-4-10/h3-6,9,11,16H,7-8H2,1-2H3/q+1. The lowest BCUT2D eigenvalue weighted by molar-refractivity contribution is -0.407. The molecule has 0 aromatic heterocycles. The van der Waals surface area contributed by atoms with Crippen LogP contribution in [0.5, 0.6) is 0 Å². The zero-order valence-electron chi connectivity index (χ0n) is 14.4. The van der Waals surface area contributed by atoms with E-state index in [1.807, 2.05) is 12.1 Å². The number of Topliss-reactive ketones (excluding diaryl/α,β-unsaturated/α-hetero) is 1. The van der Waals surface area contributed by atoms with Crippen molar-refractivity contribution in [1.82, 2.24) is 4.90 Å². The van der Waals surface area contributed by atoms with Gasteiger partial charge in [0.15, 0.2) is 11.7 Å². The first-order chi connectivity index (χ1) is 12.4. The maximum Gasteiger partial charge on any atom is 0.445 e. The van der Waals surface area contributed by atoms with E-state index in [0.29, 0.717) is 29.3 Å². The molecule has 2 unspecified atom stereocenters. The lowest BCUT2D eigenvalue weighted by atomic mass is 9.73. The van der Waals surface area contributed by atoms with Crippen molar-refractivity contribution in [3.63, 3.8) is 0 Å². The minimum absolute atomic E-state index is 0.0210. The molecular formula is C19H17ClN3O3+. The summed E-state index contributed by atoms with van der Waals surface area (Å²) in [6, 6.07) is 7.02. The first-order valence-electron chi connectivity index (χ1n) is 8.36. The fraction of sp³-hybridized carbons (Fsp3) is 0.316. The van der Waals surface area contributed by atoms with E-state index < -0.39 is 11.9 Å². The fourth-order valence-electron chi connectivity index (χ4n) is 3.87. The van der Waals surface area contributed by atoms with Crippen molar-refractivity contribution in [3.8, 4) is 0 Å². The Morgan fingerprint density at radius 2 is 1.85 bits per heavy atom. The minimum atomic E-state index is -0.679. The van der Waals surface area contributed by atoms with E-state index in [2.05, 4.69) is 4.99 Å². The van der Waals surface area contributed by atoms with Crippen LogP contribution in [-0.4, -0.2) is 53.3 Å². The molecule has 2 heterocycles. The van der Waals surface area contributed by atoms with Gasteiger partial charge in [-0.1, -0.05) is 23.7 Å². The molecular weight excluding hydrogens is 354 g/mol. The summed E-state index contributed by atoms with van der Waals surface area (Å²) in [7, 11) is 3.05. The normalized spacial score (nSPS) is 25.7. The molecule has 2 aliphatic heterocycles. The zero-order valence-corrected chi connectivity index (χ0v) is 15.2. The lowest BCUT2D eigenvalue weighted by Crippen LogP contribution is -2.53. The smallest absolute Gasteiger partial charge is 0.294 e. The maximum atomic E-state index is 12.8. The Labute approximate surface area is 155 Å². The van der Waals surface area contributed by atoms with Gasteiger partial charge in [0.25, 0.3) is 5.84 Å². The summed E-state index contributed by atoms with van der Waals surface area (Å²) in [5.41, 5.74) is 2.27. The van der Waals surface area contributed by atoms with Gasteiger partial charge in [0.1, 0.15) is 6.21 Å². The van der Waals surface area contributed by atoms with Gasteiger partial charge >= 0.3 is 11.9 Å². The molecule has 0 radical (unpaired) electrons. The molecule has 7 heteroatoms. The number of hydrogen-bond donors (Lipinski definition) is 0. The van der Waals surface area contributed by atoms with Crippen molar-refractivity contribution in [2.75, 3.05) is 14.1 Å². The molecule has 6 nitrogen and oxygen atoms in total. The molecule has 2 atom stereocenters. The Balaban J connectivity index is 1.78. The van der Waals surface area contributed by atoms with Crippen LogP contribution in [0.4, 0.5) is 4.79 Å². The largest absolute Gasteiger partial charge is 0.445 e. The van der Waals surface area contributed by atoms with Gasteiger partial charge in [0, 0.05) is 11.4 Å². The Kier molecular flexibility index (Phi) is 3.88. The SMILES string of the molecule is CN1C(=O)C2C3=C(C=NC2=[N+](C)C1=O)C(=O)CC(c1ccc(Cl)cc1)C3. The number of ketones is 1. The predicted octanol–water partition coefficient (Wildman–Crippen LogP) is 2.42. The second kappa shape index (κ2) is 5.99. The van der Waals surface area contributed by atoms with Crippen molar-refractivity contribution in [2.24, 2.45) is 10.9 Å². The molecule has 0 bridgehead atoms. The van der Waals surface area contributed by atoms with Crippen molar-refractivity contribution in [2.45, 2.75) is 18.8 Å². The first-order valence-corrected chi connectivity index (χ1v) is 8.74. The number of amides is 3. The summed E-state index contributed by atoms with van der Waals surface area (Å²) in [5.74, 6) is -0.670. The highest BCUT2D eigenvalue weighted by atomic mass is 35.5. The quantitative estimate of drug-likeness (QED) is 0.713. The molecule has 1 aromatic carbocycles. The number of rotatable bonds is 1.